The van der Waals surface area contributed by atoms with Gasteiger partial charge in [-0.2, -0.15) is 0 Å². The fraction of sp³-hybridized carbons (Fsp3) is 0.333. The van der Waals surface area contributed by atoms with Gasteiger partial charge >= 0.3 is 0 Å². The van der Waals surface area contributed by atoms with Gasteiger partial charge in [0.05, 0.1) is 40.3 Å². The van der Waals surface area contributed by atoms with Crippen LogP contribution in [0.3, 0.4) is 0 Å². The lowest BCUT2D eigenvalue weighted by atomic mass is 10.2. The van der Waals surface area contributed by atoms with Crippen molar-refractivity contribution in [3.63, 3.8) is 0 Å². The molecule has 0 aliphatic carbocycles. The van der Waals surface area contributed by atoms with Crippen molar-refractivity contribution in [1.82, 2.24) is 0 Å². The minimum atomic E-state index is -0.367. The van der Waals surface area contributed by atoms with Crippen LogP contribution in [0.2, 0.25) is 9.36 Å². The van der Waals surface area contributed by atoms with E-state index in [0.717, 1.165) is 37.1 Å². The van der Waals surface area contributed by atoms with Crippen molar-refractivity contribution in [2.45, 2.75) is 6.54 Å². The smallest absolute Gasteiger partial charge is 0.294 e. The molecule has 5 nitrogen and oxygen atoms in total. The number of hydrogen-bond donors (Lipinski definition) is 1. The lowest BCUT2D eigenvalue weighted by Crippen LogP contribution is -3.13. The number of thiophene rings is 1. The van der Waals surface area contributed by atoms with Gasteiger partial charge in [0.2, 0.25) is 0 Å². The molecule has 0 unspecified atom stereocenters. The lowest BCUT2D eigenvalue weighted by Gasteiger charge is -2.33. The Bertz CT molecular complexity index is 714. The number of quaternary nitrogens is 1. The quantitative estimate of drug-likeness (QED) is 0.662. The van der Waals surface area contributed by atoms with Crippen LogP contribution < -0.4 is 9.80 Å². The van der Waals surface area contributed by atoms with Crippen molar-refractivity contribution >= 4 is 45.9 Å². The third-order valence-corrected chi connectivity index (χ3v) is 5.46. The normalized spacial score (nSPS) is 15.8. The maximum Gasteiger partial charge on any atom is 0.294 e. The Morgan fingerprint density at radius 3 is 2.57 bits per heavy atom. The second-order valence-corrected chi connectivity index (χ2v) is 7.75. The van der Waals surface area contributed by atoms with Crippen LogP contribution in [0.25, 0.3) is 0 Å². The van der Waals surface area contributed by atoms with E-state index in [0.29, 0.717) is 10.7 Å². The number of nitrogens with zero attached hydrogens (tertiary/aromatic N) is 2. The van der Waals surface area contributed by atoms with E-state index >= 15 is 0 Å². The average molecular weight is 373 g/mol. The Kier molecular flexibility index (Phi) is 5.06. The summed E-state index contributed by atoms with van der Waals surface area (Å²) in [4.78, 5) is 15.7. The molecule has 0 amide bonds. The third-order valence-electron chi connectivity index (χ3n) is 4.00. The van der Waals surface area contributed by atoms with Crippen LogP contribution in [-0.4, -0.2) is 31.1 Å². The highest BCUT2D eigenvalue weighted by Gasteiger charge is 2.26. The zero-order valence-corrected chi connectivity index (χ0v) is 14.6. The molecule has 1 N–H and O–H groups in total. The van der Waals surface area contributed by atoms with Gasteiger partial charge in [-0.25, -0.2) is 0 Å². The van der Waals surface area contributed by atoms with Crippen molar-refractivity contribution < 1.29 is 9.82 Å². The number of nitro groups is 1. The van der Waals surface area contributed by atoms with E-state index in [1.165, 1.54) is 15.8 Å². The Morgan fingerprint density at radius 2 is 1.96 bits per heavy atom. The first kappa shape index (κ1) is 16.5. The minimum Gasteiger partial charge on any atom is -0.355 e. The zero-order valence-electron chi connectivity index (χ0n) is 12.3. The number of halogens is 2. The molecule has 0 radical (unpaired) electrons. The molecule has 1 saturated heterocycles. The van der Waals surface area contributed by atoms with E-state index in [2.05, 4.69) is 11.0 Å². The third kappa shape index (κ3) is 3.95. The summed E-state index contributed by atoms with van der Waals surface area (Å²) < 4.78 is 0.815. The summed E-state index contributed by atoms with van der Waals surface area (Å²) in [6.45, 7) is 4.41. The van der Waals surface area contributed by atoms with Crippen LogP contribution >= 0.6 is 34.5 Å². The molecule has 0 spiro atoms. The van der Waals surface area contributed by atoms with Crippen LogP contribution in [0.1, 0.15) is 4.88 Å². The molecule has 2 heterocycles. The molecule has 0 bridgehead atoms. The number of nitro benzene ring substituents is 1. The fourth-order valence-electron chi connectivity index (χ4n) is 2.84. The van der Waals surface area contributed by atoms with Gasteiger partial charge in [0.1, 0.15) is 12.2 Å². The van der Waals surface area contributed by atoms with Gasteiger partial charge in [-0.15, -0.1) is 11.3 Å². The molecule has 1 aromatic heterocycles. The highest BCUT2D eigenvalue weighted by atomic mass is 35.5. The van der Waals surface area contributed by atoms with Gasteiger partial charge in [0.15, 0.2) is 0 Å². The maximum absolute atomic E-state index is 11.2. The van der Waals surface area contributed by atoms with Crippen molar-refractivity contribution in [3.05, 3.63) is 54.7 Å². The lowest BCUT2D eigenvalue weighted by molar-refractivity contribution is -0.914. The number of rotatable bonds is 4. The van der Waals surface area contributed by atoms with Crippen LogP contribution in [0.15, 0.2) is 30.3 Å². The molecule has 0 saturated carbocycles. The number of piperazine rings is 1. The highest BCUT2D eigenvalue weighted by molar-refractivity contribution is 7.16. The minimum absolute atomic E-state index is 0.0750. The van der Waals surface area contributed by atoms with Gasteiger partial charge in [-0.3, -0.25) is 10.1 Å². The first-order valence-corrected chi connectivity index (χ1v) is 8.87. The molecule has 0 atom stereocenters. The standard InChI is InChI=1S/C15H15Cl2N3O2S/c16-11-1-3-13(14(9-11)20(21)22)19-7-5-18(6-8-19)10-12-2-4-15(17)23-12/h1-4,9H,5-8,10H2/p+1. The number of anilines is 1. The molecule has 1 aromatic carbocycles. The largest absolute Gasteiger partial charge is 0.355 e. The molecule has 1 aliphatic heterocycles. The molecule has 3 rings (SSSR count). The van der Waals surface area contributed by atoms with Crippen LogP contribution in [0.4, 0.5) is 11.4 Å². The van der Waals surface area contributed by atoms with E-state index in [9.17, 15) is 10.1 Å². The van der Waals surface area contributed by atoms with Crippen LogP contribution in [0.5, 0.6) is 0 Å². The van der Waals surface area contributed by atoms with Crippen LogP contribution in [-0.2, 0) is 6.54 Å². The Morgan fingerprint density at radius 1 is 1.22 bits per heavy atom. The summed E-state index contributed by atoms with van der Waals surface area (Å²) in [7, 11) is 0. The molecule has 8 heteroatoms. The molecule has 1 aliphatic rings. The zero-order chi connectivity index (χ0) is 16.4. The first-order valence-electron chi connectivity index (χ1n) is 7.29. The number of benzene rings is 1. The van der Waals surface area contributed by atoms with Crippen molar-refractivity contribution in [1.29, 1.82) is 0 Å². The van der Waals surface area contributed by atoms with E-state index in [4.69, 9.17) is 23.2 Å². The summed E-state index contributed by atoms with van der Waals surface area (Å²) >= 11 is 13.5. The predicted molar refractivity (Wildman–Crippen MR) is 94.0 cm³/mol. The van der Waals surface area contributed by atoms with E-state index in [1.54, 1.807) is 23.5 Å². The van der Waals surface area contributed by atoms with E-state index in [-0.39, 0.29) is 10.6 Å². The van der Waals surface area contributed by atoms with Crippen molar-refractivity contribution in [2.75, 3.05) is 31.1 Å². The summed E-state index contributed by atoms with van der Waals surface area (Å²) in [5, 5.41) is 11.6. The van der Waals surface area contributed by atoms with E-state index < -0.39 is 0 Å². The molecular formula is C15H16Cl2N3O2S+. The SMILES string of the molecule is O=[N+]([O-])c1cc(Cl)ccc1N1CC[NH+](Cc2ccc(Cl)s2)CC1. The molecule has 122 valence electrons. The summed E-state index contributed by atoms with van der Waals surface area (Å²) in [6.07, 6.45) is 0. The van der Waals surface area contributed by atoms with Gasteiger partial charge in [-0.05, 0) is 24.3 Å². The summed E-state index contributed by atoms with van der Waals surface area (Å²) in [5.74, 6) is 0. The second-order valence-electron chi connectivity index (χ2n) is 5.51. The first-order chi connectivity index (χ1) is 11.0. The topological polar surface area (TPSA) is 50.8 Å². The Hall–Kier alpha value is -1.34. The van der Waals surface area contributed by atoms with Crippen molar-refractivity contribution in [2.24, 2.45) is 0 Å². The summed E-state index contributed by atoms with van der Waals surface area (Å²) in [6, 6.07) is 8.86. The number of nitrogens with one attached hydrogen (secondary N) is 1. The second kappa shape index (κ2) is 7.05. The molecule has 1 fully saturated rings. The number of hydrogen-bond acceptors (Lipinski definition) is 4. The molecule has 23 heavy (non-hydrogen) atoms. The average Bonchev–Trinajstić information content (AvgIpc) is 2.93. The van der Waals surface area contributed by atoms with Gasteiger partial charge in [-0.1, -0.05) is 23.2 Å². The van der Waals surface area contributed by atoms with Gasteiger partial charge in [0, 0.05) is 11.1 Å². The Labute approximate surface area is 148 Å². The highest BCUT2D eigenvalue weighted by Crippen LogP contribution is 2.31. The molecule has 2 aromatic rings. The van der Waals surface area contributed by atoms with Crippen molar-refractivity contribution in [3.8, 4) is 0 Å². The van der Waals surface area contributed by atoms with E-state index in [1.807, 2.05) is 6.07 Å². The fourth-order valence-corrected chi connectivity index (χ4v) is 4.17. The Balaban J connectivity index is 1.66. The summed E-state index contributed by atoms with van der Waals surface area (Å²) in [5.41, 5.74) is 0.726. The maximum atomic E-state index is 11.2. The van der Waals surface area contributed by atoms with Gasteiger partial charge < -0.3 is 9.80 Å². The molecular weight excluding hydrogens is 357 g/mol. The van der Waals surface area contributed by atoms with Gasteiger partial charge in [0.25, 0.3) is 5.69 Å². The van der Waals surface area contributed by atoms with Crippen LogP contribution in [0, 0.1) is 10.1 Å². The predicted octanol–water partition coefficient (Wildman–Crippen LogP) is 2.87. The monoisotopic (exact) mass is 372 g/mol.